The molecule has 1 heterocycles. The Hall–Kier alpha value is -1.23. The molecule has 0 radical (unpaired) electrons. The van der Waals surface area contributed by atoms with Gasteiger partial charge in [-0.15, -0.1) is 0 Å². The van der Waals surface area contributed by atoms with Crippen LogP contribution in [0.1, 0.15) is 5.69 Å². The summed E-state index contributed by atoms with van der Waals surface area (Å²) in [5.74, 6) is 5.00. The Kier molecular flexibility index (Phi) is 1.77. The summed E-state index contributed by atoms with van der Waals surface area (Å²) >= 11 is 5.58. The van der Waals surface area contributed by atoms with E-state index in [0.29, 0.717) is 10.8 Å². The van der Waals surface area contributed by atoms with Crippen molar-refractivity contribution >= 4 is 17.4 Å². The number of nitrogens with two attached hydrogens (primary N) is 2. The van der Waals surface area contributed by atoms with E-state index in [4.69, 9.17) is 23.2 Å². The highest BCUT2D eigenvalue weighted by Crippen LogP contribution is 2.07. The SMILES string of the molecule is N/N=C(\N)c1nc[nH]c1Cl. The predicted molar refractivity (Wildman–Crippen MR) is 38.5 cm³/mol. The highest BCUT2D eigenvalue weighted by atomic mass is 35.5. The molecule has 0 amide bonds. The normalized spacial score (nSPS) is 11.9. The zero-order chi connectivity index (χ0) is 7.56. The second-order valence-electron chi connectivity index (χ2n) is 1.58. The van der Waals surface area contributed by atoms with Crippen molar-refractivity contribution in [1.29, 1.82) is 0 Å². The fraction of sp³-hybridized carbons (Fsp3) is 0. The molecule has 0 fully saturated rings. The summed E-state index contributed by atoms with van der Waals surface area (Å²) in [6, 6.07) is 0. The van der Waals surface area contributed by atoms with E-state index in [1.165, 1.54) is 6.33 Å². The van der Waals surface area contributed by atoms with E-state index in [-0.39, 0.29) is 5.84 Å². The summed E-state index contributed by atoms with van der Waals surface area (Å²) in [4.78, 5) is 6.39. The van der Waals surface area contributed by atoms with Crippen LogP contribution in [0.2, 0.25) is 5.15 Å². The Bertz CT molecular complexity index is 252. The zero-order valence-corrected chi connectivity index (χ0v) is 5.76. The summed E-state index contributed by atoms with van der Waals surface area (Å²) < 4.78 is 0. The van der Waals surface area contributed by atoms with Gasteiger partial charge >= 0.3 is 0 Å². The van der Waals surface area contributed by atoms with Crippen LogP contribution in [-0.4, -0.2) is 15.8 Å². The molecule has 5 N–H and O–H groups in total. The zero-order valence-electron chi connectivity index (χ0n) is 5.00. The number of hydrogen-bond acceptors (Lipinski definition) is 3. The Morgan fingerprint density at radius 3 is 2.90 bits per heavy atom. The van der Waals surface area contributed by atoms with Gasteiger partial charge in [-0.1, -0.05) is 11.6 Å². The molecule has 0 aliphatic carbocycles. The van der Waals surface area contributed by atoms with Gasteiger partial charge in [-0.3, -0.25) is 0 Å². The minimum absolute atomic E-state index is 0.117. The van der Waals surface area contributed by atoms with Gasteiger partial charge in [0, 0.05) is 0 Å². The van der Waals surface area contributed by atoms with E-state index in [2.05, 4.69) is 15.1 Å². The summed E-state index contributed by atoms with van der Waals surface area (Å²) in [6.07, 6.45) is 1.41. The van der Waals surface area contributed by atoms with Crippen LogP contribution in [0.25, 0.3) is 0 Å². The third kappa shape index (κ3) is 1.03. The Balaban J connectivity index is 3.05. The maximum absolute atomic E-state index is 5.58. The van der Waals surface area contributed by atoms with Gasteiger partial charge in [0.1, 0.15) is 10.8 Å². The van der Waals surface area contributed by atoms with Crippen molar-refractivity contribution in [3.05, 3.63) is 17.2 Å². The van der Waals surface area contributed by atoms with Crippen LogP contribution in [0.4, 0.5) is 0 Å². The maximum Gasteiger partial charge on any atom is 0.172 e. The first kappa shape index (κ1) is 6.88. The first-order valence-electron chi connectivity index (χ1n) is 2.48. The maximum atomic E-state index is 5.58. The first-order valence-corrected chi connectivity index (χ1v) is 2.86. The van der Waals surface area contributed by atoms with Gasteiger partial charge in [-0.2, -0.15) is 5.10 Å². The van der Waals surface area contributed by atoms with Gasteiger partial charge in [0.25, 0.3) is 0 Å². The number of hydrogen-bond donors (Lipinski definition) is 3. The third-order valence-electron chi connectivity index (χ3n) is 0.975. The van der Waals surface area contributed by atoms with Crippen molar-refractivity contribution < 1.29 is 0 Å². The molecule has 0 aliphatic heterocycles. The van der Waals surface area contributed by atoms with Crippen molar-refractivity contribution in [2.24, 2.45) is 16.7 Å². The molecule has 0 saturated heterocycles. The Morgan fingerprint density at radius 1 is 1.80 bits per heavy atom. The molecule has 0 aromatic carbocycles. The molecule has 54 valence electrons. The fourth-order valence-electron chi connectivity index (χ4n) is 0.518. The highest BCUT2D eigenvalue weighted by Gasteiger charge is 2.05. The second kappa shape index (κ2) is 2.57. The lowest BCUT2D eigenvalue weighted by Crippen LogP contribution is -2.16. The van der Waals surface area contributed by atoms with Gasteiger partial charge in [-0.25, -0.2) is 4.98 Å². The van der Waals surface area contributed by atoms with Crippen molar-refractivity contribution in [3.63, 3.8) is 0 Å². The summed E-state index contributed by atoms with van der Waals surface area (Å²) in [5, 5.41) is 3.56. The number of imidazole rings is 1. The lowest BCUT2D eigenvalue weighted by molar-refractivity contribution is 1.21. The number of aromatic nitrogens is 2. The van der Waals surface area contributed by atoms with Gasteiger partial charge in [0.05, 0.1) is 6.33 Å². The third-order valence-corrected chi connectivity index (χ3v) is 1.26. The average Bonchev–Trinajstić information content (AvgIpc) is 2.34. The second-order valence-corrected chi connectivity index (χ2v) is 1.96. The molecule has 0 bridgehead atoms. The lowest BCUT2D eigenvalue weighted by Gasteiger charge is -1.91. The van der Waals surface area contributed by atoms with Gasteiger partial charge in [0.15, 0.2) is 5.84 Å². The number of rotatable bonds is 1. The lowest BCUT2D eigenvalue weighted by atomic mass is 10.4. The smallest absolute Gasteiger partial charge is 0.172 e. The highest BCUT2D eigenvalue weighted by molar-refractivity contribution is 6.32. The van der Waals surface area contributed by atoms with Crippen molar-refractivity contribution in [2.45, 2.75) is 0 Å². The molecule has 6 heteroatoms. The molecule has 1 aromatic heterocycles. The monoisotopic (exact) mass is 159 g/mol. The van der Waals surface area contributed by atoms with Crippen LogP contribution in [0.3, 0.4) is 0 Å². The van der Waals surface area contributed by atoms with Crippen molar-refractivity contribution in [3.8, 4) is 0 Å². The number of nitrogens with zero attached hydrogens (tertiary/aromatic N) is 2. The average molecular weight is 160 g/mol. The summed E-state index contributed by atoms with van der Waals surface area (Å²) in [6.45, 7) is 0. The predicted octanol–water partition coefficient (Wildman–Crippen LogP) is -0.358. The number of hydrazone groups is 1. The minimum Gasteiger partial charge on any atom is -0.380 e. The molecule has 1 aromatic rings. The van der Waals surface area contributed by atoms with Crippen LogP contribution < -0.4 is 11.6 Å². The quantitative estimate of drug-likeness (QED) is 0.226. The van der Waals surface area contributed by atoms with Crippen molar-refractivity contribution in [2.75, 3.05) is 0 Å². The fourth-order valence-corrected chi connectivity index (χ4v) is 0.713. The molecule has 0 aliphatic rings. The molecule has 10 heavy (non-hydrogen) atoms. The van der Waals surface area contributed by atoms with E-state index in [0.717, 1.165) is 0 Å². The molecular formula is C4H6ClN5. The molecule has 0 atom stereocenters. The van der Waals surface area contributed by atoms with E-state index in [9.17, 15) is 0 Å². The van der Waals surface area contributed by atoms with Crippen LogP contribution in [0, 0.1) is 0 Å². The minimum atomic E-state index is 0.117. The Labute approximate surface area is 62.1 Å². The number of amidine groups is 1. The largest absolute Gasteiger partial charge is 0.380 e. The Morgan fingerprint density at radius 2 is 2.50 bits per heavy atom. The summed E-state index contributed by atoms with van der Waals surface area (Å²) in [5.41, 5.74) is 5.68. The van der Waals surface area contributed by atoms with E-state index < -0.39 is 0 Å². The van der Waals surface area contributed by atoms with E-state index in [1.54, 1.807) is 0 Å². The molecule has 0 unspecified atom stereocenters. The van der Waals surface area contributed by atoms with Gasteiger partial charge in [0.2, 0.25) is 0 Å². The molecule has 1 rings (SSSR count). The van der Waals surface area contributed by atoms with Gasteiger partial charge < -0.3 is 16.6 Å². The van der Waals surface area contributed by atoms with E-state index in [1.807, 2.05) is 0 Å². The number of nitrogens with one attached hydrogen (secondary N) is 1. The number of halogens is 1. The number of aromatic amines is 1. The molecular weight excluding hydrogens is 154 g/mol. The van der Waals surface area contributed by atoms with Crippen molar-refractivity contribution in [1.82, 2.24) is 9.97 Å². The molecule has 0 spiro atoms. The molecule has 0 saturated carbocycles. The number of H-pyrrole nitrogens is 1. The van der Waals surface area contributed by atoms with Crippen LogP contribution >= 0.6 is 11.6 Å². The molecule has 5 nitrogen and oxygen atoms in total. The van der Waals surface area contributed by atoms with Crippen LogP contribution in [0.15, 0.2) is 11.4 Å². The first-order chi connectivity index (χ1) is 4.75. The van der Waals surface area contributed by atoms with Crippen LogP contribution in [-0.2, 0) is 0 Å². The van der Waals surface area contributed by atoms with Crippen LogP contribution in [0.5, 0.6) is 0 Å². The van der Waals surface area contributed by atoms with Gasteiger partial charge in [-0.05, 0) is 0 Å². The summed E-state index contributed by atoms with van der Waals surface area (Å²) in [7, 11) is 0. The standard InChI is InChI=1S/C4H6ClN5/c5-3-2(4(6)10-7)8-1-9-3/h1H,7H2,(H2,6,10)(H,8,9). The van der Waals surface area contributed by atoms with E-state index >= 15 is 0 Å². The topological polar surface area (TPSA) is 93.1 Å².